The topological polar surface area (TPSA) is 66.8 Å². The molecule has 98 valence electrons. The maximum Gasteiger partial charge on any atom is 0.314 e. The summed E-state index contributed by atoms with van der Waals surface area (Å²) < 4.78 is 5.23. The zero-order chi connectivity index (χ0) is 13.2. The lowest BCUT2D eigenvalue weighted by Gasteiger charge is -2.34. The predicted octanol–water partition coefficient (Wildman–Crippen LogP) is 2.69. The molecule has 0 aromatic heterocycles. The van der Waals surface area contributed by atoms with Crippen LogP contribution in [0.2, 0.25) is 0 Å². The van der Waals surface area contributed by atoms with Gasteiger partial charge in [0.25, 0.3) is 0 Å². The van der Waals surface area contributed by atoms with Gasteiger partial charge in [-0.3, -0.25) is 4.79 Å². The Morgan fingerprint density at radius 3 is 2.50 bits per heavy atom. The van der Waals surface area contributed by atoms with Crippen molar-refractivity contribution < 1.29 is 19.7 Å². The molecule has 2 rings (SSSR count). The van der Waals surface area contributed by atoms with Crippen LogP contribution in [0.3, 0.4) is 0 Å². The second-order valence-electron chi connectivity index (χ2n) is 4.80. The maximum absolute atomic E-state index is 11.7. The molecule has 18 heavy (non-hydrogen) atoms. The minimum atomic E-state index is -1.01. The number of carboxylic acid groups (broad SMARTS) is 1. The number of phenolic OH excluding ortho intramolecular Hbond substituents is 1. The maximum atomic E-state index is 11.7. The minimum absolute atomic E-state index is 0.0126. The van der Waals surface area contributed by atoms with Gasteiger partial charge in [0.15, 0.2) is 0 Å². The molecule has 2 N–H and O–H groups in total. The number of hydrogen-bond donors (Lipinski definition) is 2. The lowest BCUT2D eigenvalue weighted by atomic mass is 9.69. The Hall–Kier alpha value is -1.71. The van der Waals surface area contributed by atoms with Crippen molar-refractivity contribution in [2.45, 2.75) is 37.5 Å². The van der Waals surface area contributed by atoms with Crippen molar-refractivity contribution in [2.75, 3.05) is 7.11 Å². The molecule has 1 aliphatic rings. The number of carboxylic acids is 1. The van der Waals surface area contributed by atoms with Crippen LogP contribution in [0.25, 0.3) is 0 Å². The standard InChI is InChI=1S/C14H18O4/c1-18-11-7-5-6-10(15)12(11)14(13(16)17)8-3-2-4-9-14/h5-7,15H,2-4,8-9H2,1H3,(H,16,17). The molecule has 1 fully saturated rings. The van der Waals surface area contributed by atoms with Gasteiger partial charge in [-0.1, -0.05) is 25.3 Å². The number of aliphatic carboxylic acids is 1. The zero-order valence-electron chi connectivity index (χ0n) is 10.5. The Labute approximate surface area is 106 Å². The smallest absolute Gasteiger partial charge is 0.314 e. The Kier molecular flexibility index (Phi) is 3.45. The van der Waals surface area contributed by atoms with Gasteiger partial charge in [-0.25, -0.2) is 0 Å². The summed E-state index contributed by atoms with van der Waals surface area (Å²) in [6.45, 7) is 0. The molecule has 0 bridgehead atoms. The third kappa shape index (κ3) is 1.92. The molecule has 0 amide bonds. The summed E-state index contributed by atoms with van der Waals surface area (Å²) in [6, 6.07) is 4.89. The normalized spacial score (nSPS) is 18.3. The van der Waals surface area contributed by atoms with E-state index in [2.05, 4.69) is 0 Å². The number of carbonyl (C=O) groups is 1. The van der Waals surface area contributed by atoms with Crippen LogP contribution in [-0.2, 0) is 10.2 Å². The van der Waals surface area contributed by atoms with Crippen LogP contribution in [0.15, 0.2) is 18.2 Å². The number of benzene rings is 1. The van der Waals surface area contributed by atoms with E-state index in [1.807, 2.05) is 0 Å². The van der Waals surface area contributed by atoms with Crippen LogP contribution in [0.1, 0.15) is 37.7 Å². The Bertz CT molecular complexity index is 447. The van der Waals surface area contributed by atoms with Gasteiger partial charge in [0.1, 0.15) is 11.5 Å². The number of hydrogen-bond acceptors (Lipinski definition) is 3. The van der Waals surface area contributed by atoms with Crippen LogP contribution in [0.5, 0.6) is 11.5 Å². The molecule has 4 heteroatoms. The highest BCUT2D eigenvalue weighted by atomic mass is 16.5. The molecule has 0 atom stereocenters. The number of ether oxygens (including phenoxy) is 1. The highest BCUT2D eigenvalue weighted by Crippen LogP contribution is 2.47. The van der Waals surface area contributed by atoms with Gasteiger partial charge < -0.3 is 14.9 Å². The molecule has 0 radical (unpaired) electrons. The average molecular weight is 250 g/mol. The second-order valence-corrected chi connectivity index (χ2v) is 4.80. The van der Waals surface area contributed by atoms with Gasteiger partial charge in [-0.05, 0) is 25.0 Å². The molecule has 1 saturated carbocycles. The summed E-state index contributed by atoms with van der Waals surface area (Å²) in [7, 11) is 1.50. The largest absolute Gasteiger partial charge is 0.507 e. The van der Waals surface area contributed by atoms with Crippen molar-refractivity contribution in [1.29, 1.82) is 0 Å². The zero-order valence-corrected chi connectivity index (χ0v) is 10.5. The SMILES string of the molecule is COc1cccc(O)c1C1(C(=O)O)CCCCC1. The minimum Gasteiger partial charge on any atom is -0.507 e. The number of rotatable bonds is 3. The monoisotopic (exact) mass is 250 g/mol. The van der Waals surface area contributed by atoms with Gasteiger partial charge in [0.05, 0.1) is 18.1 Å². The van der Waals surface area contributed by atoms with Gasteiger partial charge >= 0.3 is 5.97 Å². The lowest BCUT2D eigenvalue weighted by molar-refractivity contribution is -0.145. The molecule has 1 aromatic carbocycles. The van der Waals surface area contributed by atoms with Crippen LogP contribution in [0.4, 0.5) is 0 Å². The highest BCUT2D eigenvalue weighted by Gasteiger charge is 2.45. The van der Waals surface area contributed by atoms with Crippen molar-refractivity contribution in [1.82, 2.24) is 0 Å². The average Bonchev–Trinajstić information content (AvgIpc) is 2.39. The Morgan fingerprint density at radius 1 is 1.28 bits per heavy atom. The summed E-state index contributed by atoms with van der Waals surface area (Å²) in [5, 5.41) is 19.7. The molecule has 0 aliphatic heterocycles. The molecule has 1 aromatic rings. The molecule has 4 nitrogen and oxygen atoms in total. The molecule has 0 spiro atoms. The third-order valence-corrected chi connectivity index (χ3v) is 3.82. The van der Waals surface area contributed by atoms with E-state index in [4.69, 9.17) is 4.74 Å². The van der Waals surface area contributed by atoms with Crippen LogP contribution < -0.4 is 4.74 Å². The van der Waals surface area contributed by atoms with Crippen LogP contribution in [0, 0.1) is 0 Å². The van der Waals surface area contributed by atoms with Crippen LogP contribution in [-0.4, -0.2) is 23.3 Å². The fourth-order valence-electron chi connectivity index (χ4n) is 2.90. The summed E-state index contributed by atoms with van der Waals surface area (Å²) in [5.74, 6) is -0.403. The van der Waals surface area contributed by atoms with Gasteiger partial charge in [0.2, 0.25) is 0 Å². The van der Waals surface area contributed by atoms with Crippen molar-refractivity contribution in [3.8, 4) is 11.5 Å². The summed E-state index contributed by atoms with van der Waals surface area (Å²) in [5.41, 5.74) is -0.575. The first-order valence-corrected chi connectivity index (χ1v) is 6.21. The van der Waals surface area contributed by atoms with Gasteiger partial charge in [-0.15, -0.1) is 0 Å². The number of methoxy groups -OCH3 is 1. The fourth-order valence-corrected chi connectivity index (χ4v) is 2.90. The summed E-state index contributed by atoms with van der Waals surface area (Å²) in [4.78, 5) is 11.7. The Morgan fingerprint density at radius 2 is 1.94 bits per heavy atom. The van der Waals surface area contributed by atoms with E-state index in [1.165, 1.54) is 13.2 Å². The molecule has 0 unspecified atom stereocenters. The summed E-state index contributed by atoms with van der Waals surface area (Å²) in [6.07, 6.45) is 3.88. The second kappa shape index (κ2) is 4.88. The first-order valence-electron chi connectivity index (χ1n) is 6.21. The molecule has 0 saturated heterocycles. The number of phenols is 1. The van der Waals surface area contributed by atoms with Crippen molar-refractivity contribution >= 4 is 5.97 Å². The van der Waals surface area contributed by atoms with Crippen molar-refractivity contribution in [3.63, 3.8) is 0 Å². The highest BCUT2D eigenvalue weighted by molar-refractivity contribution is 5.84. The molecule has 0 heterocycles. The van der Waals surface area contributed by atoms with Gasteiger partial charge in [-0.2, -0.15) is 0 Å². The first-order chi connectivity index (χ1) is 8.62. The van der Waals surface area contributed by atoms with E-state index in [9.17, 15) is 15.0 Å². The van der Waals surface area contributed by atoms with E-state index in [0.717, 1.165) is 19.3 Å². The fraction of sp³-hybridized carbons (Fsp3) is 0.500. The third-order valence-electron chi connectivity index (χ3n) is 3.82. The van der Waals surface area contributed by atoms with Crippen LogP contribution >= 0.6 is 0 Å². The molecular formula is C14H18O4. The number of aromatic hydroxyl groups is 1. The van der Waals surface area contributed by atoms with E-state index >= 15 is 0 Å². The lowest BCUT2D eigenvalue weighted by Crippen LogP contribution is -2.38. The summed E-state index contributed by atoms with van der Waals surface area (Å²) >= 11 is 0. The van der Waals surface area contributed by atoms with E-state index in [-0.39, 0.29) is 5.75 Å². The van der Waals surface area contributed by atoms with E-state index in [0.29, 0.717) is 24.2 Å². The first kappa shape index (κ1) is 12.7. The van der Waals surface area contributed by atoms with E-state index in [1.54, 1.807) is 12.1 Å². The van der Waals surface area contributed by atoms with Crippen molar-refractivity contribution in [3.05, 3.63) is 23.8 Å². The quantitative estimate of drug-likeness (QED) is 0.865. The molecular weight excluding hydrogens is 232 g/mol. The van der Waals surface area contributed by atoms with Crippen molar-refractivity contribution in [2.24, 2.45) is 0 Å². The Balaban J connectivity index is 2.58. The molecule has 1 aliphatic carbocycles. The predicted molar refractivity (Wildman–Crippen MR) is 67.1 cm³/mol. The van der Waals surface area contributed by atoms with E-state index < -0.39 is 11.4 Å². The van der Waals surface area contributed by atoms with Gasteiger partial charge in [0, 0.05) is 0 Å².